The summed E-state index contributed by atoms with van der Waals surface area (Å²) in [6, 6.07) is 15.3. The first kappa shape index (κ1) is 17.0. The van der Waals surface area contributed by atoms with Gasteiger partial charge in [-0.25, -0.2) is 9.97 Å². The van der Waals surface area contributed by atoms with E-state index in [2.05, 4.69) is 62.4 Å². The fourth-order valence-corrected chi connectivity index (χ4v) is 4.29. The fourth-order valence-electron chi connectivity index (χ4n) is 2.93. The lowest BCUT2D eigenvalue weighted by Crippen LogP contribution is -1.95. The SMILES string of the molecule is CCc1sc2ncnc(Nc3ccc(O)cc3)c2c1-c1ccc(Br)cc1. The van der Waals surface area contributed by atoms with Gasteiger partial charge in [-0.1, -0.05) is 35.0 Å². The van der Waals surface area contributed by atoms with Crippen LogP contribution in [-0.2, 0) is 6.42 Å². The van der Waals surface area contributed by atoms with Crippen LogP contribution in [0.4, 0.5) is 11.5 Å². The molecule has 2 aromatic heterocycles. The van der Waals surface area contributed by atoms with E-state index in [0.29, 0.717) is 0 Å². The summed E-state index contributed by atoms with van der Waals surface area (Å²) in [6.45, 7) is 2.16. The molecule has 130 valence electrons. The third-order valence-electron chi connectivity index (χ3n) is 4.15. The van der Waals surface area contributed by atoms with Gasteiger partial charge < -0.3 is 10.4 Å². The second-order valence-electron chi connectivity index (χ2n) is 5.83. The Morgan fingerprint density at radius 3 is 2.46 bits per heavy atom. The number of rotatable bonds is 4. The number of hydrogen-bond donors (Lipinski definition) is 2. The van der Waals surface area contributed by atoms with Gasteiger partial charge in [0.1, 0.15) is 22.7 Å². The summed E-state index contributed by atoms with van der Waals surface area (Å²) < 4.78 is 1.05. The van der Waals surface area contributed by atoms with Gasteiger partial charge in [0.25, 0.3) is 0 Å². The van der Waals surface area contributed by atoms with Crippen molar-refractivity contribution in [2.24, 2.45) is 0 Å². The number of anilines is 2. The molecule has 26 heavy (non-hydrogen) atoms. The zero-order valence-electron chi connectivity index (χ0n) is 14.0. The molecule has 4 nitrogen and oxygen atoms in total. The van der Waals surface area contributed by atoms with E-state index in [0.717, 1.165) is 38.2 Å². The molecule has 0 spiro atoms. The summed E-state index contributed by atoms with van der Waals surface area (Å²) in [5, 5.41) is 13.9. The predicted molar refractivity (Wildman–Crippen MR) is 111 cm³/mol. The van der Waals surface area contributed by atoms with Crippen LogP contribution in [0.5, 0.6) is 5.75 Å². The van der Waals surface area contributed by atoms with Crippen molar-refractivity contribution in [1.29, 1.82) is 0 Å². The van der Waals surface area contributed by atoms with Crippen LogP contribution in [-0.4, -0.2) is 15.1 Å². The molecule has 0 bridgehead atoms. The minimum absolute atomic E-state index is 0.239. The lowest BCUT2D eigenvalue weighted by molar-refractivity contribution is 0.475. The molecular formula is C20H16BrN3OS. The lowest BCUT2D eigenvalue weighted by Gasteiger charge is -2.09. The van der Waals surface area contributed by atoms with Crippen LogP contribution in [0.2, 0.25) is 0 Å². The molecule has 0 aliphatic carbocycles. The van der Waals surface area contributed by atoms with Crippen LogP contribution < -0.4 is 5.32 Å². The largest absolute Gasteiger partial charge is 0.508 e. The van der Waals surface area contributed by atoms with Crippen molar-refractivity contribution in [2.45, 2.75) is 13.3 Å². The number of nitrogens with one attached hydrogen (secondary N) is 1. The molecule has 0 aliphatic rings. The van der Waals surface area contributed by atoms with Crippen molar-refractivity contribution in [3.05, 3.63) is 64.2 Å². The third kappa shape index (κ3) is 3.18. The third-order valence-corrected chi connectivity index (χ3v) is 5.92. The number of phenolic OH excluding ortho intramolecular Hbond substituents is 1. The zero-order chi connectivity index (χ0) is 18.1. The number of benzene rings is 2. The number of aromatic hydroxyl groups is 1. The van der Waals surface area contributed by atoms with Crippen LogP contribution in [0.15, 0.2) is 59.3 Å². The van der Waals surface area contributed by atoms with E-state index in [-0.39, 0.29) is 5.75 Å². The predicted octanol–water partition coefficient (Wildman–Crippen LogP) is 6.13. The Bertz CT molecular complexity index is 1060. The maximum Gasteiger partial charge on any atom is 0.143 e. The molecule has 2 heterocycles. The maximum atomic E-state index is 9.49. The minimum atomic E-state index is 0.239. The smallest absolute Gasteiger partial charge is 0.143 e. The molecule has 0 saturated heterocycles. The summed E-state index contributed by atoms with van der Waals surface area (Å²) in [5.74, 6) is 1.01. The number of fused-ring (bicyclic) bond motifs is 1. The first-order chi connectivity index (χ1) is 12.7. The maximum absolute atomic E-state index is 9.49. The van der Waals surface area contributed by atoms with E-state index in [1.54, 1.807) is 29.8 Å². The van der Waals surface area contributed by atoms with E-state index < -0.39 is 0 Å². The van der Waals surface area contributed by atoms with Crippen molar-refractivity contribution in [3.8, 4) is 16.9 Å². The number of aryl methyl sites for hydroxylation is 1. The van der Waals surface area contributed by atoms with Crippen molar-refractivity contribution in [3.63, 3.8) is 0 Å². The van der Waals surface area contributed by atoms with Gasteiger partial charge in [0.05, 0.1) is 5.39 Å². The van der Waals surface area contributed by atoms with E-state index in [1.165, 1.54) is 10.4 Å². The van der Waals surface area contributed by atoms with Crippen molar-refractivity contribution < 1.29 is 5.11 Å². The fraction of sp³-hybridized carbons (Fsp3) is 0.100. The molecule has 0 unspecified atom stereocenters. The Labute approximate surface area is 163 Å². The quantitative estimate of drug-likeness (QED) is 0.386. The van der Waals surface area contributed by atoms with Gasteiger partial charge in [0.15, 0.2) is 0 Å². The monoisotopic (exact) mass is 425 g/mol. The molecule has 0 amide bonds. The van der Waals surface area contributed by atoms with E-state index in [4.69, 9.17) is 0 Å². The standard InChI is InChI=1S/C20H16BrN3OS/c1-2-16-17(12-3-5-13(21)6-4-12)18-19(22-11-23-20(18)26-16)24-14-7-9-15(25)10-8-14/h3-11,25H,2H2,1H3,(H,22,23,24). The van der Waals surface area contributed by atoms with Gasteiger partial charge in [0.2, 0.25) is 0 Å². The van der Waals surface area contributed by atoms with Gasteiger partial charge in [-0.3, -0.25) is 0 Å². The Balaban J connectivity index is 1.89. The molecule has 0 atom stereocenters. The average molecular weight is 426 g/mol. The van der Waals surface area contributed by atoms with Crippen LogP contribution in [0.25, 0.3) is 21.3 Å². The highest BCUT2D eigenvalue weighted by Crippen LogP contribution is 2.42. The number of halogens is 1. The number of hydrogen-bond acceptors (Lipinski definition) is 5. The van der Waals surface area contributed by atoms with Gasteiger partial charge >= 0.3 is 0 Å². The molecular weight excluding hydrogens is 410 g/mol. The Morgan fingerprint density at radius 2 is 1.77 bits per heavy atom. The molecule has 0 saturated carbocycles. The number of phenols is 1. The van der Waals surface area contributed by atoms with Gasteiger partial charge in [0, 0.05) is 20.6 Å². The summed E-state index contributed by atoms with van der Waals surface area (Å²) in [7, 11) is 0. The summed E-state index contributed by atoms with van der Waals surface area (Å²) in [5.41, 5.74) is 3.20. The van der Waals surface area contributed by atoms with Gasteiger partial charge in [-0.05, 0) is 48.4 Å². The first-order valence-electron chi connectivity index (χ1n) is 8.24. The molecule has 0 fully saturated rings. The number of thiophene rings is 1. The highest BCUT2D eigenvalue weighted by molar-refractivity contribution is 9.10. The summed E-state index contributed by atoms with van der Waals surface area (Å²) in [4.78, 5) is 11.2. The van der Waals surface area contributed by atoms with Crippen molar-refractivity contribution >= 4 is 49.0 Å². The molecule has 2 aromatic carbocycles. The second kappa shape index (κ2) is 7.05. The first-order valence-corrected chi connectivity index (χ1v) is 9.85. The zero-order valence-corrected chi connectivity index (χ0v) is 16.4. The second-order valence-corrected chi connectivity index (χ2v) is 7.83. The van der Waals surface area contributed by atoms with Crippen LogP contribution in [0.3, 0.4) is 0 Å². The van der Waals surface area contributed by atoms with Crippen molar-refractivity contribution in [2.75, 3.05) is 5.32 Å². The molecule has 4 rings (SSSR count). The molecule has 0 aliphatic heterocycles. The van der Waals surface area contributed by atoms with E-state index in [1.807, 2.05) is 12.1 Å². The van der Waals surface area contributed by atoms with E-state index >= 15 is 0 Å². The van der Waals surface area contributed by atoms with E-state index in [9.17, 15) is 5.11 Å². The van der Waals surface area contributed by atoms with Crippen LogP contribution in [0, 0.1) is 0 Å². The Morgan fingerprint density at radius 1 is 1.04 bits per heavy atom. The minimum Gasteiger partial charge on any atom is -0.508 e. The van der Waals surface area contributed by atoms with Gasteiger partial charge in [-0.15, -0.1) is 11.3 Å². The van der Waals surface area contributed by atoms with Crippen LogP contribution >= 0.6 is 27.3 Å². The van der Waals surface area contributed by atoms with Gasteiger partial charge in [-0.2, -0.15) is 0 Å². The summed E-state index contributed by atoms with van der Waals surface area (Å²) >= 11 is 5.21. The topological polar surface area (TPSA) is 58.0 Å². The highest BCUT2D eigenvalue weighted by atomic mass is 79.9. The molecule has 4 aromatic rings. The number of nitrogens with zero attached hydrogens (tertiary/aromatic N) is 2. The number of aromatic nitrogens is 2. The average Bonchev–Trinajstić information content (AvgIpc) is 3.04. The highest BCUT2D eigenvalue weighted by Gasteiger charge is 2.18. The Kier molecular flexibility index (Phi) is 4.61. The molecule has 2 N–H and O–H groups in total. The normalized spacial score (nSPS) is 11.0. The van der Waals surface area contributed by atoms with Crippen LogP contribution in [0.1, 0.15) is 11.8 Å². The summed E-state index contributed by atoms with van der Waals surface area (Å²) in [6.07, 6.45) is 2.53. The lowest BCUT2D eigenvalue weighted by atomic mass is 10.0. The molecule has 6 heteroatoms. The molecule has 0 radical (unpaired) electrons. The van der Waals surface area contributed by atoms with Crippen molar-refractivity contribution in [1.82, 2.24) is 9.97 Å². The Hall–Kier alpha value is -2.44.